The SMILES string of the molecule is CCCC(=N)/C(N)=C(\NC)C(=O)N(N)C1CCC(CO)O1. The number of aliphatic hydroxyl groups is 1. The van der Waals surface area contributed by atoms with Gasteiger partial charge in [0.15, 0.2) is 0 Å². The molecule has 0 aliphatic carbocycles. The number of aliphatic hydroxyl groups excluding tert-OH is 1. The van der Waals surface area contributed by atoms with Gasteiger partial charge in [-0.3, -0.25) is 4.79 Å². The van der Waals surface area contributed by atoms with Crippen molar-refractivity contribution in [3.05, 3.63) is 11.4 Å². The lowest BCUT2D eigenvalue weighted by molar-refractivity contribution is -0.143. The van der Waals surface area contributed by atoms with Crippen LogP contribution in [0.2, 0.25) is 0 Å². The van der Waals surface area contributed by atoms with Crippen molar-refractivity contribution in [1.82, 2.24) is 10.3 Å². The number of likely N-dealkylation sites (N-methyl/N-ethyl adjacent to an activating group) is 1. The zero-order valence-corrected chi connectivity index (χ0v) is 12.6. The molecular formula is C13H25N5O3. The van der Waals surface area contributed by atoms with Gasteiger partial charge in [-0.05, 0) is 19.3 Å². The van der Waals surface area contributed by atoms with E-state index in [9.17, 15) is 4.79 Å². The Labute approximate surface area is 124 Å². The highest BCUT2D eigenvalue weighted by atomic mass is 16.5. The van der Waals surface area contributed by atoms with Crippen LogP contribution < -0.4 is 16.9 Å². The summed E-state index contributed by atoms with van der Waals surface area (Å²) in [5.41, 5.74) is 6.24. The second-order valence-corrected chi connectivity index (χ2v) is 4.95. The van der Waals surface area contributed by atoms with Crippen LogP contribution in [0.3, 0.4) is 0 Å². The number of hydrogen-bond donors (Lipinski definition) is 5. The Morgan fingerprint density at radius 3 is 2.67 bits per heavy atom. The number of nitrogens with one attached hydrogen (secondary N) is 2. The molecule has 0 aromatic carbocycles. The van der Waals surface area contributed by atoms with E-state index < -0.39 is 12.1 Å². The predicted molar refractivity (Wildman–Crippen MR) is 78.9 cm³/mol. The number of nitrogens with zero attached hydrogens (tertiary/aromatic N) is 1. The minimum absolute atomic E-state index is 0.0898. The summed E-state index contributed by atoms with van der Waals surface area (Å²) in [5.74, 6) is 5.28. The molecule has 1 heterocycles. The average molecular weight is 299 g/mol. The van der Waals surface area contributed by atoms with Crippen molar-refractivity contribution in [2.24, 2.45) is 11.6 Å². The topological polar surface area (TPSA) is 138 Å². The molecule has 0 spiro atoms. The Balaban J connectivity index is 2.83. The highest BCUT2D eigenvalue weighted by Crippen LogP contribution is 2.21. The number of ether oxygens (including phenoxy) is 1. The zero-order chi connectivity index (χ0) is 16.0. The number of hydrazine groups is 1. The molecule has 0 aromatic heterocycles. The van der Waals surface area contributed by atoms with Crippen LogP contribution in [0.4, 0.5) is 0 Å². The summed E-state index contributed by atoms with van der Waals surface area (Å²) in [6.45, 7) is 1.83. The van der Waals surface area contributed by atoms with E-state index in [0.29, 0.717) is 19.3 Å². The standard InChI is InChI=1S/C13H25N5O3/c1-3-4-9(14)11(15)12(17-2)13(20)18(16)10-6-5-8(7-19)21-10/h8,10,14,17,19H,3-7,15-16H2,1-2H3/b12-11+,14-9?. The van der Waals surface area contributed by atoms with Crippen LogP contribution in [-0.4, -0.2) is 47.7 Å². The van der Waals surface area contributed by atoms with E-state index in [4.69, 9.17) is 26.8 Å². The fourth-order valence-electron chi connectivity index (χ4n) is 2.18. The van der Waals surface area contributed by atoms with Crippen LogP contribution in [0.25, 0.3) is 0 Å². The number of hydrogen-bond acceptors (Lipinski definition) is 7. The number of amides is 1. The van der Waals surface area contributed by atoms with E-state index in [1.54, 1.807) is 7.05 Å². The Morgan fingerprint density at radius 2 is 2.19 bits per heavy atom. The molecule has 0 saturated carbocycles. The maximum absolute atomic E-state index is 12.4. The van der Waals surface area contributed by atoms with E-state index in [0.717, 1.165) is 11.4 Å². The molecule has 0 bridgehead atoms. The molecule has 1 aliphatic heterocycles. The van der Waals surface area contributed by atoms with Crippen LogP contribution in [0.5, 0.6) is 0 Å². The fourth-order valence-corrected chi connectivity index (χ4v) is 2.18. The second-order valence-electron chi connectivity index (χ2n) is 4.95. The number of rotatable bonds is 7. The molecule has 1 fully saturated rings. The van der Waals surface area contributed by atoms with Crippen LogP contribution >= 0.6 is 0 Å². The lowest BCUT2D eigenvalue weighted by atomic mass is 10.1. The lowest BCUT2D eigenvalue weighted by Crippen LogP contribution is -2.49. The van der Waals surface area contributed by atoms with E-state index in [1.807, 2.05) is 6.92 Å². The number of nitrogens with two attached hydrogens (primary N) is 2. The molecular weight excluding hydrogens is 274 g/mol. The Kier molecular flexibility index (Phi) is 6.60. The van der Waals surface area contributed by atoms with Gasteiger partial charge in [-0.2, -0.15) is 0 Å². The Bertz CT molecular complexity index is 424. The first-order valence-electron chi connectivity index (χ1n) is 7.06. The maximum atomic E-state index is 12.4. The van der Waals surface area contributed by atoms with E-state index in [-0.39, 0.29) is 29.8 Å². The second kappa shape index (κ2) is 7.96. The normalized spacial score (nSPS) is 22.7. The molecule has 1 aliphatic rings. The van der Waals surface area contributed by atoms with Gasteiger partial charge in [-0.25, -0.2) is 10.9 Å². The van der Waals surface area contributed by atoms with Crippen LogP contribution in [0.15, 0.2) is 11.4 Å². The van der Waals surface area contributed by atoms with Crippen molar-refractivity contribution in [2.75, 3.05) is 13.7 Å². The van der Waals surface area contributed by atoms with Gasteiger partial charge < -0.3 is 26.3 Å². The van der Waals surface area contributed by atoms with Crippen molar-refractivity contribution in [2.45, 2.75) is 44.9 Å². The van der Waals surface area contributed by atoms with Gasteiger partial charge in [0.2, 0.25) is 0 Å². The van der Waals surface area contributed by atoms with Gasteiger partial charge in [0.05, 0.1) is 24.1 Å². The third-order valence-electron chi connectivity index (χ3n) is 3.39. The quantitative estimate of drug-likeness (QED) is 0.140. The van der Waals surface area contributed by atoms with Gasteiger partial charge in [-0.15, -0.1) is 0 Å². The third-order valence-corrected chi connectivity index (χ3v) is 3.39. The van der Waals surface area contributed by atoms with Crippen LogP contribution in [0, 0.1) is 5.41 Å². The highest BCUT2D eigenvalue weighted by molar-refractivity contribution is 6.05. The van der Waals surface area contributed by atoms with E-state index >= 15 is 0 Å². The zero-order valence-electron chi connectivity index (χ0n) is 12.6. The first-order chi connectivity index (χ1) is 9.96. The fraction of sp³-hybridized carbons (Fsp3) is 0.692. The van der Waals surface area contributed by atoms with Gasteiger partial charge in [-0.1, -0.05) is 13.3 Å². The molecule has 1 amide bonds. The summed E-state index contributed by atoms with van der Waals surface area (Å²) in [5, 5.41) is 20.5. The molecule has 21 heavy (non-hydrogen) atoms. The van der Waals surface area contributed by atoms with Crippen molar-refractivity contribution in [3.63, 3.8) is 0 Å². The maximum Gasteiger partial charge on any atom is 0.288 e. The molecule has 1 rings (SSSR count). The molecule has 7 N–H and O–H groups in total. The third kappa shape index (κ3) is 4.16. The smallest absolute Gasteiger partial charge is 0.288 e. The van der Waals surface area contributed by atoms with Gasteiger partial charge in [0, 0.05) is 7.05 Å². The summed E-state index contributed by atoms with van der Waals surface area (Å²) in [4.78, 5) is 12.4. The summed E-state index contributed by atoms with van der Waals surface area (Å²) in [7, 11) is 1.55. The number of carbonyl (C=O) groups is 1. The number of allylic oxidation sites excluding steroid dienone is 1. The molecule has 0 aromatic rings. The average Bonchev–Trinajstić information content (AvgIpc) is 2.96. The highest BCUT2D eigenvalue weighted by Gasteiger charge is 2.32. The van der Waals surface area contributed by atoms with Crippen LogP contribution in [-0.2, 0) is 9.53 Å². The largest absolute Gasteiger partial charge is 0.395 e. The van der Waals surface area contributed by atoms with Crippen LogP contribution in [0.1, 0.15) is 32.6 Å². The molecule has 1 saturated heterocycles. The predicted octanol–water partition coefficient (Wildman–Crippen LogP) is -0.604. The number of carbonyl (C=O) groups excluding carboxylic acids is 1. The van der Waals surface area contributed by atoms with Crippen molar-refractivity contribution in [1.29, 1.82) is 5.41 Å². The molecule has 2 unspecified atom stereocenters. The van der Waals surface area contributed by atoms with Crippen molar-refractivity contribution < 1.29 is 14.6 Å². The summed E-state index contributed by atoms with van der Waals surface area (Å²) >= 11 is 0. The molecule has 120 valence electrons. The summed E-state index contributed by atoms with van der Waals surface area (Å²) < 4.78 is 5.46. The minimum atomic E-state index is -0.592. The molecule has 0 radical (unpaired) electrons. The molecule has 8 heteroatoms. The van der Waals surface area contributed by atoms with E-state index in [2.05, 4.69) is 5.32 Å². The van der Waals surface area contributed by atoms with E-state index in [1.165, 1.54) is 0 Å². The summed E-state index contributed by atoms with van der Waals surface area (Å²) in [6.07, 6.45) is 1.55. The van der Waals surface area contributed by atoms with Crippen molar-refractivity contribution in [3.8, 4) is 0 Å². The lowest BCUT2D eigenvalue weighted by Gasteiger charge is -2.25. The first kappa shape index (κ1) is 17.4. The molecule has 8 nitrogen and oxygen atoms in total. The van der Waals surface area contributed by atoms with Gasteiger partial charge in [0.1, 0.15) is 11.9 Å². The first-order valence-corrected chi connectivity index (χ1v) is 7.06. The Morgan fingerprint density at radius 1 is 1.52 bits per heavy atom. The molecule has 2 atom stereocenters. The Hall–Kier alpha value is -1.64. The van der Waals surface area contributed by atoms with Gasteiger partial charge in [0.25, 0.3) is 5.91 Å². The monoisotopic (exact) mass is 299 g/mol. The van der Waals surface area contributed by atoms with Crippen molar-refractivity contribution >= 4 is 11.6 Å². The van der Waals surface area contributed by atoms with Gasteiger partial charge >= 0.3 is 0 Å². The minimum Gasteiger partial charge on any atom is -0.395 e. The summed E-state index contributed by atoms with van der Waals surface area (Å²) in [6, 6.07) is 0.